The molecule has 0 bridgehead atoms. The maximum absolute atomic E-state index is 13.6. The summed E-state index contributed by atoms with van der Waals surface area (Å²) in [5.74, 6) is 0.0191. The molecule has 3 heteroatoms. The fourth-order valence-electron chi connectivity index (χ4n) is 4.30. The molecule has 2 heterocycles. The Morgan fingerprint density at radius 3 is 2.23 bits per heavy atom. The highest BCUT2D eigenvalue weighted by atomic mass is 16.5. The monoisotopic (exact) mass is 341 g/mol. The summed E-state index contributed by atoms with van der Waals surface area (Å²) in [5.41, 5.74) is 4.12. The van der Waals surface area contributed by atoms with Crippen LogP contribution in [0.4, 0.5) is 0 Å². The van der Waals surface area contributed by atoms with E-state index in [-0.39, 0.29) is 11.9 Å². The highest BCUT2D eigenvalue weighted by molar-refractivity contribution is 6.03. The molecule has 0 aromatic heterocycles. The maximum Gasteiger partial charge on any atom is 0.257 e. The van der Waals surface area contributed by atoms with Gasteiger partial charge in [-0.1, -0.05) is 72.8 Å². The predicted octanol–water partition coefficient (Wildman–Crippen LogP) is 4.75. The van der Waals surface area contributed by atoms with Gasteiger partial charge in [-0.05, 0) is 29.7 Å². The number of carbonyl (C=O) groups excluding carboxylic acids is 1. The molecule has 3 aromatic carbocycles. The predicted molar refractivity (Wildman–Crippen MR) is 101 cm³/mol. The van der Waals surface area contributed by atoms with E-state index in [4.69, 9.17) is 4.74 Å². The summed E-state index contributed by atoms with van der Waals surface area (Å²) >= 11 is 0. The normalized spacial score (nSPS) is 23.8. The van der Waals surface area contributed by atoms with Crippen LogP contribution in [0.1, 0.15) is 34.5 Å². The average molecular weight is 341 g/mol. The zero-order valence-electron chi connectivity index (χ0n) is 14.6. The van der Waals surface area contributed by atoms with Gasteiger partial charge in [0.05, 0.1) is 12.6 Å². The molecule has 1 amide bonds. The van der Waals surface area contributed by atoms with Crippen LogP contribution in [0, 0.1) is 0 Å². The summed E-state index contributed by atoms with van der Waals surface area (Å²) in [5, 5.41) is 0. The summed E-state index contributed by atoms with van der Waals surface area (Å²) in [6.07, 6.45) is 0. The molecular weight excluding hydrogens is 322 g/mol. The van der Waals surface area contributed by atoms with Gasteiger partial charge in [0.1, 0.15) is 0 Å². The van der Waals surface area contributed by atoms with Crippen molar-refractivity contribution in [3.63, 3.8) is 0 Å². The first-order valence-corrected chi connectivity index (χ1v) is 8.91. The number of hydrogen-bond acceptors (Lipinski definition) is 2. The van der Waals surface area contributed by atoms with Crippen molar-refractivity contribution in [1.82, 2.24) is 4.90 Å². The molecule has 0 saturated carbocycles. The quantitative estimate of drug-likeness (QED) is 0.639. The van der Waals surface area contributed by atoms with Gasteiger partial charge in [0.25, 0.3) is 5.91 Å². The largest absolute Gasteiger partial charge is 0.349 e. The molecule has 0 N–H and O–H groups in total. The number of nitrogens with zero attached hydrogens (tertiary/aromatic N) is 1. The second-order valence-corrected chi connectivity index (χ2v) is 6.99. The van der Waals surface area contributed by atoms with Crippen molar-refractivity contribution < 1.29 is 9.53 Å². The Balaban J connectivity index is 1.78. The number of amides is 1. The van der Waals surface area contributed by atoms with Gasteiger partial charge in [0, 0.05) is 11.1 Å². The van der Waals surface area contributed by atoms with Crippen molar-refractivity contribution in [2.45, 2.75) is 18.7 Å². The third kappa shape index (κ3) is 2.01. The first kappa shape index (κ1) is 15.4. The first-order chi connectivity index (χ1) is 12.7. The number of benzene rings is 3. The van der Waals surface area contributed by atoms with E-state index in [0.717, 1.165) is 27.8 Å². The average Bonchev–Trinajstić information content (AvgIpc) is 3.03. The van der Waals surface area contributed by atoms with Crippen LogP contribution in [-0.4, -0.2) is 17.4 Å². The van der Waals surface area contributed by atoms with Crippen LogP contribution in [0.15, 0.2) is 78.9 Å². The van der Waals surface area contributed by atoms with E-state index in [1.165, 1.54) is 0 Å². The minimum atomic E-state index is -0.785. The Bertz CT molecular complexity index is 998. The second-order valence-electron chi connectivity index (χ2n) is 6.99. The van der Waals surface area contributed by atoms with Crippen LogP contribution >= 0.6 is 0 Å². The van der Waals surface area contributed by atoms with Crippen LogP contribution < -0.4 is 0 Å². The Labute approximate surface area is 152 Å². The maximum atomic E-state index is 13.6. The van der Waals surface area contributed by atoms with Gasteiger partial charge in [-0.25, -0.2) is 0 Å². The number of hydrogen-bond donors (Lipinski definition) is 0. The lowest BCUT2D eigenvalue weighted by molar-refractivity contribution is -0.0598. The Morgan fingerprint density at radius 1 is 0.846 bits per heavy atom. The molecule has 0 radical (unpaired) electrons. The Hall–Kier alpha value is -2.91. The van der Waals surface area contributed by atoms with Crippen molar-refractivity contribution in [3.8, 4) is 11.1 Å². The summed E-state index contributed by atoms with van der Waals surface area (Å²) in [4.78, 5) is 15.5. The van der Waals surface area contributed by atoms with Crippen LogP contribution in [0.5, 0.6) is 0 Å². The highest BCUT2D eigenvalue weighted by Gasteiger charge is 2.51. The van der Waals surface area contributed by atoms with Crippen molar-refractivity contribution >= 4 is 5.91 Å². The molecule has 0 aliphatic carbocycles. The molecule has 1 saturated heterocycles. The number of carbonyl (C=O) groups is 1. The molecule has 0 unspecified atom stereocenters. The molecule has 1 fully saturated rings. The zero-order chi connectivity index (χ0) is 17.7. The van der Waals surface area contributed by atoms with Gasteiger partial charge in [-0.15, -0.1) is 0 Å². The SMILES string of the molecule is C[C@]12OC[C@@H](c3ccccc3)N1C(=O)c1ccccc1-c1ccccc12. The van der Waals surface area contributed by atoms with Crippen molar-refractivity contribution in [1.29, 1.82) is 0 Å². The van der Waals surface area contributed by atoms with E-state index >= 15 is 0 Å². The summed E-state index contributed by atoms with van der Waals surface area (Å²) in [6.45, 7) is 2.50. The van der Waals surface area contributed by atoms with Crippen LogP contribution in [-0.2, 0) is 10.5 Å². The molecule has 3 nitrogen and oxygen atoms in total. The second kappa shape index (κ2) is 5.55. The Morgan fingerprint density at radius 2 is 1.46 bits per heavy atom. The number of ether oxygens (including phenoxy) is 1. The fraction of sp³-hybridized carbons (Fsp3) is 0.174. The van der Waals surface area contributed by atoms with Crippen molar-refractivity contribution in [2.24, 2.45) is 0 Å². The molecule has 3 aromatic rings. The molecule has 5 rings (SSSR count). The van der Waals surface area contributed by atoms with E-state index < -0.39 is 5.72 Å². The lowest BCUT2D eigenvalue weighted by Crippen LogP contribution is -2.44. The third-order valence-electron chi connectivity index (χ3n) is 5.57. The molecule has 26 heavy (non-hydrogen) atoms. The highest BCUT2D eigenvalue weighted by Crippen LogP contribution is 2.49. The summed E-state index contributed by atoms with van der Waals surface area (Å²) in [7, 11) is 0. The van der Waals surface area contributed by atoms with E-state index in [0.29, 0.717) is 6.61 Å². The zero-order valence-corrected chi connectivity index (χ0v) is 14.6. The molecule has 2 atom stereocenters. The van der Waals surface area contributed by atoms with Gasteiger partial charge >= 0.3 is 0 Å². The number of fused-ring (bicyclic) bond motifs is 5. The van der Waals surface area contributed by atoms with Crippen molar-refractivity contribution in [3.05, 3.63) is 95.6 Å². The first-order valence-electron chi connectivity index (χ1n) is 8.91. The van der Waals surface area contributed by atoms with Gasteiger partial charge in [0.15, 0.2) is 5.72 Å². The molecule has 2 aliphatic heterocycles. The minimum Gasteiger partial charge on any atom is -0.349 e. The van der Waals surface area contributed by atoms with E-state index in [9.17, 15) is 4.79 Å². The van der Waals surface area contributed by atoms with Crippen LogP contribution in [0.25, 0.3) is 11.1 Å². The van der Waals surface area contributed by atoms with Gasteiger partial charge < -0.3 is 4.74 Å². The lowest BCUT2D eigenvalue weighted by atomic mass is 9.93. The van der Waals surface area contributed by atoms with E-state index in [1.807, 2.05) is 66.4 Å². The van der Waals surface area contributed by atoms with Gasteiger partial charge in [0.2, 0.25) is 0 Å². The molecule has 0 spiro atoms. The van der Waals surface area contributed by atoms with Crippen LogP contribution in [0.3, 0.4) is 0 Å². The third-order valence-corrected chi connectivity index (χ3v) is 5.57. The van der Waals surface area contributed by atoms with Crippen LogP contribution in [0.2, 0.25) is 0 Å². The summed E-state index contributed by atoms with van der Waals surface area (Å²) < 4.78 is 6.32. The van der Waals surface area contributed by atoms with Gasteiger partial charge in [-0.3, -0.25) is 9.69 Å². The fourth-order valence-corrected chi connectivity index (χ4v) is 4.30. The van der Waals surface area contributed by atoms with E-state index in [1.54, 1.807) is 0 Å². The smallest absolute Gasteiger partial charge is 0.257 e. The Kier molecular flexibility index (Phi) is 3.28. The minimum absolute atomic E-state index is 0.0191. The molecule has 128 valence electrons. The van der Waals surface area contributed by atoms with Gasteiger partial charge in [-0.2, -0.15) is 0 Å². The topological polar surface area (TPSA) is 29.5 Å². The standard InChI is InChI=1S/C23H19NO2/c1-23-20-14-8-7-12-18(20)17-11-5-6-13-19(17)22(25)24(23)21(15-26-23)16-9-3-2-4-10-16/h2-14,21H,15H2,1H3/t21-,23+/m0/s1. The number of rotatable bonds is 1. The van der Waals surface area contributed by atoms with Crippen molar-refractivity contribution in [2.75, 3.05) is 6.61 Å². The van der Waals surface area contributed by atoms with E-state index in [2.05, 4.69) is 24.3 Å². The molecule has 2 aliphatic rings. The summed E-state index contributed by atoms with van der Waals surface area (Å²) in [6, 6.07) is 26.1. The molecular formula is C23H19NO2. The lowest BCUT2D eigenvalue weighted by Gasteiger charge is -2.36.